The molecule has 0 spiro atoms. The Morgan fingerprint density at radius 2 is 1.96 bits per heavy atom. The van der Waals surface area contributed by atoms with Crippen molar-refractivity contribution in [1.29, 1.82) is 0 Å². The third-order valence-corrected chi connectivity index (χ3v) is 3.46. The number of amides is 1. The molecule has 2 heterocycles. The number of H-pyrrole nitrogens is 1. The molecule has 7 nitrogen and oxygen atoms in total. The molecule has 3 N–H and O–H groups in total. The van der Waals surface area contributed by atoms with Gasteiger partial charge in [0.2, 0.25) is 5.91 Å². The lowest BCUT2D eigenvalue weighted by molar-refractivity contribution is 0.1000. The highest BCUT2D eigenvalue weighted by molar-refractivity contribution is 5.94. The van der Waals surface area contributed by atoms with Crippen molar-refractivity contribution < 1.29 is 9.53 Å². The standard InChI is InChI=1S/C16H15N3O4/c1-16(2)8-11(19-14(21)6-5-13(20)18-19)10-7-9(15(17)22)3-4-12(10)23-16/h3-8H,1-2H3,(H2,17,22)(H,18,20). The Bertz CT molecular complexity index is 950. The summed E-state index contributed by atoms with van der Waals surface area (Å²) in [7, 11) is 0. The molecule has 2 aromatic rings. The second-order valence-electron chi connectivity index (χ2n) is 5.79. The summed E-state index contributed by atoms with van der Waals surface area (Å²) in [5.74, 6) is -0.0972. The lowest BCUT2D eigenvalue weighted by Crippen LogP contribution is -2.34. The minimum Gasteiger partial charge on any atom is -0.483 e. The number of hydrogen-bond acceptors (Lipinski definition) is 4. The summed E-state index contributed by atoms with van der Waals surface area (Å²) >= 11 is 0. The van der Waals surface area contributed by atoms with Crippen LogP contribution in [0.2, 0.25) is 0 Å². The first kappa shape index (κ1) is 14.8. The third kappa shape index (κ3) is 2.68. The lowest BCUT2D eigenvalue weighted by Gasteiger charge is -2.31. The van der Waals surface area contributed by atoms with E-state index in [-0.39, 0.29) is 5.56 Å². The normalized spacial score (nSPS) is 15.3. The van der Waals surface area contributed by atoms with Crippen LogP contribution in [0, 0.1) is 0 Å². The van der Waals surface area contributed by atoms with Crippen LogP contribution in [0.25, 0.3) is 5.70 Å². The summed E-state index contributed by atoms with van der Waals surface area (Å²) in [6.07, 6.45) is 1.71. The molecular weight excluding hydrogens is 298 g/mol. The van der Waals surface area contributed by atoms with E-state index in [1.165, 1.54) is 12.1 Å². The summed E-state index contributed by atoms with van der Waals surface area (Å²) in [5, 5.41) is 2.48. The second-order valence-corrected chi connectivity index (χ2v) is 5.79. The second kappa shape index (κ2) is 4.98. The highest BCUT2D eigenvalue weighted by Crippen LogP contribution is 2.36. The van der Waals surface area contributed by atoms with Crippen LogP contribution in [0.5, 0.6) is 5.75 Å². The van der Waals surface area contributed by atoms with E-state index in [0.717, 1.165) is 10.7 Å². The Labute approximate surface area is 131 Å². The van der Waals surface area contributed by atoms with Gasteiger partial charge in [0.1, 0.15) is 11.4 Å². The van der Waals surface area contributed by atoms with Crippen LogP contribution in [0.3, 0.4) is 0 Å². The average molecular weight is 313 g/mol. The summed E-state index contributed by atoms with van der Waals surface area (Å²) in [6, 6.07) is 7.05. The molecule has 1 aromatic carbocycles. The molecule has 23 heavy (non-hydrogen) atoms. The van der Waals surface area contributed by atoms with Crippen LogP contribution in [-0.2, 0) is 0 Å². The van der Waals surface area contributed by atoms with Gasteiger partial charge >= 0.3 is 0 Å². The molecule has 1 amide bonds. The van der Waals surface area contributed by atoms with Crippen molar-refractivity contribution in [3.8, 4) is 5.75 Å². The highest BCUT2D eigenvalue weighted by Gasteiger charge is 2.28. The van der Waals surface area contributed by atoms with E-state index in [2.05, 4.69) is 5.10 Å². The molecule has 0 atom stereocenters. The molecule has 0 aliphatic carbocycles. The Morgan fingerprint density at radius 3 is 2.65 bits per heavy atom. The number of primary amides is 1. The quantitative estimate of drug-likeness (QED) is 0.850. The van der Waals surface area contributed by atoms with Crippen molar-refractivity contribution in [3.63, 3.8) is 0 Å². The van der Waals surface area contributed by atoms with Gasteiger partial charge in [-0.2, -0.15) is 0 Å². The molecule has 1 aliphatic rings. The van der Waals surface area contributed by atoms with E-state index >= 15 is 0 Å². The van der Waals surface area contributed by atoms with Crippen molar-refractivity contribution in [1.82, 2.24) is 9.78 Å². The monoisotopic (exact) mass is 313 g/mol. The van der Waals surface area contributed by atoms with Crippen LogP contribution in [0.1, 0.15) is 29.8 Å². The van der Waals surface area contributed by atoms with Gasteiger partial charge in [0.15, 0.2) is 0 Å². The topological polar surface area (TPSA) is 107 Å². The van der Waals surface area contributed by atoms with Gasteiger partial charge in [-0.3, -0.25) is 19.5 Å². The molecular formula is C16H15N3O4. The van der Waals surface area contributed by atoms with Crippen LogP contribution in [-0.4, -0.2) is 21.3 Å². The molecule has 0 unspecified atom stereocenters. The van der Waals surface area contributed by atoms with Crippen LogP contribution >= 0.6 is 0 Å². The number of nitrogens with two attached hydrogens (primary N) is 1. The van der Waals surface area contributed by atoms with E-state index < -0.39 is 22.6 Å². The zero-order valence-electron chi connectivity index (χ0n) is 12.6. The molecule has 7 heteroatoms. The Kier molecular flexibility index (Phi) is 3.21. The summed E-state index contributed by atoms with van der Waals surface area (Å²) in [5.41, 5.74) is 5.03. The minimum atomic E-state index is -0.692. The van der Waals surface area contributed by atoms with E-state index in [1.54, 1.807) is 18.2 Å². The van der Waals surface area contributed by atoms with Crippen molar-refractivity contribution in [2.45, 2.75) is 19.4 Å². The molecule has 1 aromatic heterocycles. The number of aromatic amines is 1. The van der Waals surface area contributed by atoms with Crippen molar-refractivity contribution >= 4 is 11.6 Å². The fourth-order valence-electron chi connectivity index (χ4n) is 2.48. The van der Waals surface area contributed by atoms with Gasteiger partial charge in [0, 0.05) is 23.3 Å². The van der Waals surface area contributed by atoms with Gasteiger partial charge < -0.3 is 10.5 Å². The van der Waals surface area contributed by atoms with E-state index in [1.807, 2.05) is 13.8 Å². The zero-order valence-corrected chi connectivity index (χ0v) is 12.6. The summed E-state index contributed by atoms with van der Waals surface area (Å²) in [4.78, 5) is 35.1. The number of hydrogen-bond donors (Lipinski definition) is 2. The fraction of sp³-hybridized carbons (Fsp3) is 0.188. The first-order valence-electron chi connectivity index (χ1n) is 6.96. The molecule has 0 saturated heterocycles. The van der Waals surface area contributed by atoms with Crippen molar-refractivity contribution in [3.05, 3.63) is 68.2 Å². The minimum absolute atomic E-state index is 0.282. The first-order valence-corrected chi connectivity index (χ1v) is 6.96. The van der Waals surface area contributed by atoms with Crippen LogP contribution in [0.4, 0.5) is 0 Å². The number of carbonyl (C=O) groups excluding carboxylic acids is 1. The molecule has 1 aliphatic heterocycles. The number of carbonyl (C=O) groups is 1. The number of ether oxygens (including phenoxy) is 1. The summed E-state index contributed by atoms with van der Waals surface area (Å²) < 4.78 is 6.98. The largest absolute Gasteiger partial charge is 0.483 e. The van der Waals surface area contributed by atoms with Gasteiger partial charge in [-0.25, -0.2) is 4.68 Å². The fourth-order valence-corrected chi connectivity index (χ4v) is 2.48. The molecule has 0 radical (unpaired) electrons. The maximum Gasteiger partial charge on any atom is 0.269 e. The van der Waals surface area contributed by atoms with Crippen LogP contribution in [0.15, 0.2) is 46.0 Å². The highest BCUT2D eigenvalue weighted by atomic mass is 16.5. The average Bonchev–Trinajstić information content (AvgIpc) is 2.47. The number of nitrogens with one attached hydrogen (secondary N) is 1. The molecule has 0 bridgehead atoms. The molecule has 3 rings (SSSR count). The van der Waals surface area contributed by atoms with Gasteiger partial charge in [-0.05, 0) is 38.1 Å². The number of benzene rings is 1. The zero-order chi connectivity index (χ0) is 16.8. The molecule has 0 saturated carbocycles. The van der Waals surface area contributed by atoms with Gasteiger partial charge in [0.05, 0.1) is 5.70 Å². The van der Waals surface area contributed by atoms with Crippen molar-refractivity contribution in [2.24, 2.45) is 5.73 Å². The Morgan fingerprint density at radius 1 is 1.22 bits per heavy atom. The maximum atomic E-state index is 12.1. The SMILES string of the molecule is CC1(C)C=C(n2[nH]c(=O)ccc2=O)c2cc(C(N)=O)ccc2O1. The predicted octanol–water partition coefficient (Wildman–Crippen LogP) is 0.696. The van der Waals surface area contributed by atoms with E-state index in [0.29, 0.717) is 17.0 Å². The Balaban J connectivity index is 2.31. The smallest absolute Gasteiger partial charge is 0.269 e. The van der Waals surface area contributed by atoms with Gasteiger partial charge in [-0.15, -0.1) is 0 Å². The van der Waals surface area contributed by atoms with Crippen LogP contribution < -0.4 is 21.6 Å². The summed E-state index contributed by atoms with van der Waals surface area (Å²) in [6.45, 7) is 3.65. The van der Waals surface area contributed by atoms with E-state index in [9.17, 15) is 14.4 Å². The van der Waals surface area contributed by atoms with Crippen molar-refractivity contribution in [2.75, 3.05) is 0 Å². The third-order valence-electron chi connectivity index (χ3n) is 3.46. The Hall–Kier alpha value is -3.09. The molecule has 0 fully saturated rings. The number of rotatable bonds is 2. The lowest BCUT2D eigenvalue weighted by atomic mass is 9.97. The van der Waals surface area contributed by atoms with Gasteiger partial charge in [-0.1, -0.05) is 0 Å². The number of fused-ring (bicyclic) bond motifs is 1. The number of aromatic nitrogens is 2. The first-order chi connectivity index (χ1) is 10.8. The predicted molar refractivity (Wildman–Crippen MR) is 84.4 cm³/mol. The number of nitrogens with zero attached hydrogens (tertiary/aromatic N) is 1. The van der Waals surface area contributed by atoms with Gasteiger partial charge in [0.25, 0.3) is 11.1 Å². The van der Waals surface area contributed by atoms with E-state index in [4.69, 9.17) is 10.5 Å². The molecule has 118 valence electrons. The maximum absolute atomic E-state index is 12.1.